The minimum Gasteiger partial charge on any atom is -0.395 e. The number of hydrogen-bond acceptors (Lipinski definition) is 5. The van der Waals surface area contributed by atoms with Gasteiger partial charge in [-0.2, -0.15) is 0 Å². The Kier molecular flexibility index (Phi) is 8.55. The zero-order valence-electron chi connectivity index (χ0n) is 21.7. The Bertz CT molecular complexity index is 947. The quantitative estimate of drug-likeness (QED) is 0.439. The van der Waals surface area contributed by atoms with Crippen molar-refractivity contribution in [2.75, 3.05) is 32.8 Å². The molecule has 1 aromatic carbocycles. The van der Waals surface area contributed by atoms with Gasteiger partial charge in [0.05, 0.1) is 18.6 Å². The van der Waals surface area contributed by atoms with E-state index in [9.17, 15) is 28.6 Å². The number of carbonyl (C=O) groups is 2. The molecule has 2 amide bonds. The van der Waals surface area contributed by atoms with E-state index in [2.05, 4.69) is 11.0 Å². The molecule has 1 aliphatic carbocycles. The van der Waals surface area contributed by atoms with Crippen LogP contribution in [0.4, 0.5) is 8.78 Å². The molecule has 0 aromatic heterocycles. The van der Waals surface area contributed by atoms with E-state index in [1.807, 2.05) is 12.1 Å². The summed E-state index contributed by atoms with van der Waals surface area (Å²) in [6.45, 7) is 2.09. The van der Waals surface area contributed by atoms with Gasteiger partial charge in [0.1, 0.15) is 0 Å². The minimum absolute atomic E-state index is 0.00907. The fraction of sp³-hybridized carbons (Fsp3) is 0.714. The van der Waals surface area contributed by atoms with Gasteiger partial charge in [-0.1, -0.05) is 12.1 Å². The van der Waals surface area contributed by atoms with Crippen molar-refractivity contribution >= 4 is 11.8 Å². The lowest BCUT2D eigenvalue weighted by molar-refractivity contribution is -0.148. The Morgan fingerprint density at radius 1 is 1.11 bits per heavy atom. The molecule has 0 unspecified atom stereocenters. The molecule has 1 saturated carbocycles. The normalized spacial score (nSPS) is 26.2. The van der Waals surface area contributed by atoms with Crippen LogP contribution in [-0.4, -0.2) is 82.7 Å². The van der Waals surface area contributed by atoms with Gasteiger partial charge in [-0.05, 0) is 75.0 Å². The summed E-state index contributed by atoms with van der Waals surface area (Å²) in [5.41, 5.74) is 5.85. The highest BCUT2D eigenvalue weighted by molar-refractivity contribution is 5.92. The lowest BCUT2D eigenvalue weighted by Gasteiger charge is -2.42. The Balaban J connectivity index is 1.42. The molecule has 2 aliphatic heterocycles. The summed E-state index contributed by atoms with van der Waals surface area (Å²) in [6, 6.07) is 8.32. The number of aliphatic hydroxyl groups is 2. The van der Waals surface area contributed by atoms with Crippen molar-refractivity contribution in [3.63, 3.8) is 0 Å². The summed E-state index contributed by atoms with van der Waals surface area (Å²) < 4.78 is 27.4. The molecule has 7 nitrogen and oxygen atoms in total. The van der Waals surface area contributed by atoms with E-state index in [0.29, 0.717) is 56.0 Å². The molecule has 3 atom stereocenters. The van der Waals surface area contributed by atoms with Gasteiger partial charge in [0, 0.05) is 50.1 Å². The predicted octanol–water partition coefficient (Wildman–Crippen LogP) is 3.14. The topological polar surface area (TPSA) is 107 Å². The number of halogens is 2. The minimum atomic E-state index is -2.63. The van der Waals surface area contributed by atoms with Crippen molar-refractivity contribution in [2.45, 2.75) is 82.2 Å². The second-order valence-corrected chi connectivity index (χ2v) is 11.7. The average molecular weight is 522 g/mol. The molecule has 9 heteroatoms. The van der Waals surface area contributed by atoms with Gasteiger partial charge in [0.25, 0.3) is 0 Å². The highest BCUT2D eigenvalue weighted by Gasteiger charge is 2.43. The molecular formula is C28H41F2N3O4. The third-order valence-electron chi connectivity index (χ3n) is 8.97. The fourth-order valence-electron chi connectivity index (χ4n) is 6.53. The first-order valence-corrected chi connectivity index (χ1v) is 13.6. The van der Waals surface area contributed by atoms with Crippen molar-refractivity contribution < 1.29 is 28.6 Å². The SMILES string of the molecule is CC(CO)(CO)C(=O)N(CCN1[C@@H]2CC[C@H]1C[C@@H](c1cccc(C(N)=O)c1)C2)CC1CCC(F)(F)CC1. The summed E-state index contributed by atoms with van der Waals surface area (Å²) in [7, 11) is 0. The van der Waals surface area contributed by atoms with Crippen LogP contribution in [0.25, 0.3) is 0 Å². The number of amides is 2. The fourth-order valence-corrected chi connectivity index (χ4v) is 6.53. The van der Waals surface area contributed by atoms with Crippen molar-refractivity contribution in [1.82, 2.24) is 9.80 Å². The molecule has 0 spiro atoms. The molecule has 0 radical (unpaired) electrons. The van der Waals surface area contributed by atoms with E-state index < -0.39 is 30.5 Å². The Morgan fingerprint density at radius 2 is 1.73 bits per heavy atom. The summed E-state index contributed by atoms with van der Waals surface area (Å²) in [5, 5.41) is 19.7. The number of alkyl halides is 2. The Hall–Kier alpha value is -2.10. The number of rotatable bonds is 10. The maximum atomic E-state index is 13.7. The Morgan fingerprint density at radius 3 is 2.30 bits per heavy atom. The molecule has 206 valence electrons. The lowest BCUT2D eigenvalue weighted by Crippen LogP contribution is -2.52. The van der Waals surface area contributed by atoms with Crippen LogP contribution in [0.1, 0.15) is 80.1 Å². The summed E-state index contributed by atoms with van der Waals surface area (Å²) >= 11 is 0. The van der Waals surface area contributed by atoms with E-state index in [4.69, 9.17) is 5.73 Å². The standard InChI is InChI=1S/C28H41F2N3O4/c1-27(17-34,18-35)26(37)32(16-19-7-9-28(29,30)10-8-19)11-12-33-23-5-6-24(33)15-22(14-23)20-3-2-4-21(13-20)25(31)36/h2-4,13,19,22-24,34-35H,5-12,14-18H2,1H3,(H2,31,36)/t22-,23+,24-. The highest BCUT2D eigenvalue weighted by Crippen LogP contribution is 2.43. The smallest absolute Gasteiger partial charge is 0.248 e. The second kappa shape index (κ2) is 11.3. The van der Waals surface area contributed by atoms with E-state index in [1.54, 1.807) is 17.9 Å². The highest BCUT2D eigenvalue weighted by atomic mass is 19.3. The summed E-state index contributed by atoms with van der Waals surface area (Å²) in [4.78, 5) is 29.2. The largest absolute Gasteiger partial charge is 0.395 e. The molecule has 4 rings (SSSR count). The number of nitrogens with two attached hydrogens (primary N) is 1. The van der Waals surface area contributed by atoms with Crippen LogP contribution in [0.2, 0.25) is 0 Å². The Labute approximate surface area is 218 Å². The van der Waals surface area contributed by atoms with Gasteiger partial charge in [0.15, 0.2) is 0 Å². The van der Waals surface area contributed by atoms with E-state index in [0.717, 1.165) is 31.2 Å². The molecule has 37 heavy (non-hydrogen) atoms. The molecule has 2 bridgehead atoms. The van der Waals surface area contributed by atoms with Crippen molar-refractivity contribution in [3.8, 4) is 0 Å². The number of aliphatic hydroxyl groups excluding tert-OH is 2. The van der Waals surface area contributed by atoms with E-state index in [-0.39, 0.29) is 24.7 Å². The monoisotopic (exact) mass is 521 g/mol. The molecule has 1 aromatic rings. The number of piperidine rings is 1. The average Bonchev–Trinajstić information content (AvgIpc) is 3.12. The first-order chi connectivity index (χ1) is 17.5. The second-order valence-electron chi connectivity index (χ2n) is 11.7. The zero-order chi connectivity index (χ0) is 26.8. The predicted molar refractivity (Wildman–Crippen MR) is 136 cm³/mol. The van der Waals surface area contributed by atoms with Crippen molar-refractivity contribution in [1.29, 1.82) is 0 Å². The summed E-state index contributed by atoms with van der Waals surface area (Å²) in [5.74, 6) is -3.03. The molecule has 3 fully saturated rings. The van der Waals surface area contributed by atoms with Crippen LogP contribution in [0.5, 0.6) is 0 Å². The van der Waals surface area contributed by atoms with Crippen LogP contribution < -0.4 is 5.73 Å². The van der Waals surface area contributed by atoms with E-state index in [1.165, 1.54) is 0 Å². The molecule has 4 N–H and O–H groups in total. The molecular weight excluding hydrogens is 480 g/mol. The lowest BCUT2D eigenvalue weighted by atomic mass is 9.84. The number of fused-ring (bicyclic) bond motifs is 2. The van der Waals surface area contributed by atoms with Crippen molar-refractivity contribution in [3.05, 3.63) is 35.4 Å². The zero-order valence-corrected chi connectivity index (χ0v) is 21.7. The number of nitrogens with zero attached hydrogens (tertiary/aromatic N) is 2. The van der Waals surface area contributed by atoms with Crippen LogP contribution >= 0.6 is 0 Å². The van der Waals surface area contributed by atoms with Crippen molar-refractivity contribution in [2.24, 2.45) is 17.1 Å². The molecule has 2 saturated heterocycles. The number of carbonyl (C=O) groups excluding carboxylic acids is 2. The van der Waals surface area contributed by atoms with Gasteiger partial charge >= 0.3 is 0 Å². The maximum Gasteiger partial charge on any atom is 0.248 e. The van der Waals surface area contributed by atoms with Gasteiger partial charge in [-0.3, -0.25) is 14.5 Å². The number of primary amides is 1. The molecule has 3 aliphatic rings. The van der Waals surface area contributed by atoms with Crippen LogP contribution in [0, 0.1) is 11.3 Å². The van der Waals surface area contributed by atoms with Crippen LogP contribution in [0.15, 0.2) is 24.3 Å². The third kappa shape index (κ3) is 6.32. The van der Waals surface area contributed by atoms with Crippen LogP contribution in [-0.2, 0) is 4.79 Å². The van der Waals surface area contributed by atoms with Gasteiger partial charge in [-0.25, -0.2) is 8.78 Å². The maximum absolute atomic E-state index is 13.7. The van der Waals surface area contributed by atoms with Gasteiger partial charge in [0.2, 0.25) is 17.7 Å². The number of hydrogen-bond donors (Lipinski definition) is 3. The van der Waals surface area contributed by atoms with E-state index >= 15 is 0 Å². The first kappa shape index (κ1) is 27.9. The molecule has 2 heterocycles. The third-order valence-corrected chi connectivity index (χ3v) is 8.97. The van der Waals surface area contributed by atoms with Crippen LogP contribution in [0.3, 0.4) is 0 Å². The number of benzene rings is 1. The van der Waals surface area contributed by atoms with Gasteiger partial charge < -0.3 is 20.8 Å². The first-order valence-electron chi connectivity index (χ1n) is 13.6. The summed E-state index contributed by atoms with van der Waals surface area (Å²) in [6.07, 6.45) is 4.50. The van der Waals surface area contributed by atoms with Gasteiger partial charge in [-0.15, -0.1) is 0 Å².